The van der Waals surface area contributed by atoms with E-state index in [4.69, 9.17) is 17.3 Å². The topological polar surface area (TPSA) is 75.9 Å². The second-order valence-electron chi connectivity index (χ2n) is 4.03. The lowest BCUT2D eigenvalue weighted by Crippen LogP contribution is -2.06. The summed E-state index contributed by atoms with van der Waals surface area (Å²) in [4.78, 5) is 8.25. The summed E-state index contributed by atoms with van der Waals surface area (Å²) in [5, 5.41) is 6.93. The first kappa shape index (κ1) is 13.4. The quantitative estimate of drug-likeness (QED) is 0.782. The summed E-state index contributed by atoms with van der Waals surface area (Å²) in [5.41, 5.74) is 6.47. The number of rotatable bonds is 5. The Morgan fingerprint density at radius 1 is 1.21 bits per heavy atom. The van der Waals surface area contributed by atoms with Crippen molar-refractivity contribution in [3.8, 4) is 0 Å². The lowest BCUT2D eigenvalue weighted by Gasteiger charge is -2.10. The minimum atomic E-state index is 0.218. The Morgan fingerprint density at radius 2 is 1.95 bits per heavy atom. The average Bonchev–Trinajstić information content (AvgIpc) is 2.38. The molecule has 0 atom stereocenters. The van der Waals surface area contributed by atoms with Gasteiger partial charge in [-0.15, -0.1) is 0 Å². The highest BCUT2D eigenvalue weighted by Gasteiger charge is 2.04. The SMILES string of the molecule is CCCNc1cc(Nc2ccccc2Cl)nc(N)n1. The maximum Gasteiger partial charge on any atom is 0.223 e. The third kappa shape index (κ3) is 3.72. The van der Waals surface area contributed by atoms with Crippen LogP contribution < -0.4 is 16.4 Å². The lowest BCUT2D eigenvalue weighted by molar-refractivity contribution is 0.967. The Bertz CT molecular complexity index is 558. The van der Waals surface area contributed by atoms with Gasteiger partial charge in [0.1, 0.15) is 11.6 Å². The Balaban J connectivity index is 2.20. The van der Waals surface area contributed by atoms with Gasteiger partial charge in [0.15, 0.2) is 0 Å². The number of nitrogens with one attached hydrogen (secondary N) is 2. The van der Waals surface area contributed by atoms with Crippen LogP contribution in [0.5, 0.6) is 0 Å². The van der Waals surface area contributed by atoms with Gasteiger partial charge in [0.2, 0.25) is 5.95 Å². The molecule has 4 N–H and O–H groups in total. The van der Waals surface area contributed by atoms with E-state index < -0.39 is 0 Å². The summed E-state index contributed by atoms with van der Waals surface area (Å²) in [5.74, 6) is 1.53. The van der Waals surface area contributed by atoms with Crippen LogP contribution >= 0.6 is 11.6 Å². The van der Waals surface area contributed by atoms with Crippen molar-refractivity contribution in [1.82, 2.24) is 9.97 Å². The van der Waals surface area contributed by atoms with Gasteiger partial charge in [-0.25, -0.2) is 0 Å². The minimum absolute atomic E-state index is 0.218. The molecule has 5 nitrogen and oxygen atoms in total. The zero-order valence-corrected chi connectivity index (χ0v) is 11.4. The van der Waals surface area contributed by atoms with Gasteiger partial charge >= 0.3 is 0 Å². The third-order valence-corrected chi connectivity index (χ3v) is 2.77. The van der Waals surface area contributed by atoms with E-state index in [1.807, 2.05) is 24.3 Å². The summed E-state index contributed by atoms with van der Waals surface area (Å²) in [6.07, 6.45) is 1.01. The van der Waals surface area contributed by atoms with Crippen LogP contribution in [0.1, 0.15) is 13.3 Å². The van der Waals surface area contributed by atoms with E-state index in [2.05, 4.69) is 27.5 Å². The number of anilines is 4. The van der Waals surface area contributed by atoms with Gasteiger partial charge in [0.25, 0.3) is 0 Å². The van der Waals surface area contributed by atoms with Crippen molar-refractivity contribution in [2.75, 3.05) is 22.9 Å². The fourth-order valence-corrected chi connectivity index (χ4v) is 1.76. The van der Waals surface area contributed by atoms with E-state index in [1.165, 1.54) is 0 Å². The molecule has 1 heterocycles. The van der Waals surface area contributed by atoms with E-state index >= 15 is 0 Å². The van der Waals surface area contributed by atoms with Crippen LogP contribution in [0.3, 0.4) is 0 Å². The molecule has 0 aliphatic rings. The van der Waals surface area contributed by atoms with Gasteiger partial charge < -0.3 is 16.4 Å². The standard InChI is InChI=1S/C13H16ClN5/c1-2-7-16-11-8-12(19-13(15)18-11)17-10-6-4-3-5-9(10)14/h3-6,8H,2,7H2,1H3,(H4,15,16,17,18,19). The first-order valence-electron chi connectivity index (χ1n) is 6.09. The molecule has 0 saturated heterocycles. The molecule has 0 unspecified atom stereocenters. The van der Waals surface area contributed by atoms with Gasteiger partial charge in [-0.3, -0.25) is 0 Å². The number of benzene rings is 1. The molecule has 2 aromatic rings. The van der Waals surface area contributed by atoms with Crippen LogP contribution in [-0.4, -0.2) is 16.5 Å². The van der Waals surface area contributed by atoms with E-state index in [0.29, 0.717) is 16.7 Å². The fourth-order valence-electron chi connectivity index (χ4n) is 1.57. The van der Waals surface area contributed by atoms with Crippen LogP contribution in [0.2, 0.25) is 5.02 Å². The van der Waals surface area contributed by atoms with Gasteiger partial charge in [0, 0.05) is 12.6 Å². The van der Waals surface area contributed by atoms with E-state index in [0.717, 1.165) is 18.7 Å². The molecule has 0 aliphatic carbocycles. The molecule has 0 aliphatic heterocycles. The molecule has 2 rings (SSSR count). The fraction of sp³-hybridized carbons (Fsp3) is 0.231. The van der Waals surface area contributed by atoms with Crippen molar-refractivity contribution < 1.29 is 0 Å². The summed E-state index contributed by atoms with van der Waals surface area (Å²) >= 11 is 6.08. The highest BCUT2D eigenvalue weighted by molar-refractivity contribution is 6.33. The summed E-state index contributed by atoms with van der Waals surface area (Å²) in [6.45, 7) is 2.92. The largest absolute Gasteiger partial charge is 0.370 e. The number of para-hydroxylation sites is 1. The van der Waals surface area contributed by atoms with Gasteiger partial charge in [0.05, 0.1) is 10.7 Å². The number of nitrogens with zero attached hydrogens (tertiary/aromatic N) is 2. The molecule has 0 spiro atoms. The van der Waals surface area contributed by atoms with Gasteiger partial charge in [-0.1, -0.05) is 30.7 Å². The number of hydrogen-bond acceptors (Lipinski definition) is 5. The number of halogens is 1. The number of nitrogens with two attached hydrogens (primary N) is 1. The Hall–Kier alpha value is -2.01. The third-order valence-electron chi connectivity index (χ3n) is 2.44. The molecule has 0 fully saturated rings. The molecule has 6 heteroatoms. The zero-order chi connectivity index (χ0) is 13.7. The lowest BCUT2D eigenvalue weighted by atomic mass is 10.3. The van der Waals surface area contributed by atoms with Crippen molar-refractivity contribution in [3.63, 3.8) is 0 Å². The normalized spacial score (nSPS) is 10.2. The smallest absolute Gasteiger partial charge is 0.223 e. The molecule has 19 heavy (non-hydrogen) atoms. The van der Waals surface area contributed by atoms with Crippen LogP contribution in [-0.2, 0) is 0 Å². The van der Waals surface area contributed by atoms with E-state index in [9.17, 15) is 0 Å². The van der Waals surface area contributed by atoms with Crippen molar-refractivity contribution in [3.05, 3.63) is 35.4 Å². The maximum absolute atomic E-state index is 6.08. The second kappa shape index (κ2) is 6.24. The molecule has 0 radical (unpaired) electrons. The van der Waals surface area contributed by atoms with Crippen LogP contribution in [0.15, 0.2) is 30.3 Å². The van der Waals surface area contributed by atoms with Crippen molar-refractivity contribution in [2.45, 2.75) is 13.3 Å². The molecule has 0 bridgehead atoms. The van der Waals surface area contributed by atoms with Crippen molar-refractivity contribution >= 4 is 34.9 Å². The van der Waals surface area contributed by atoms with Crippen LogP contribution in [0.25, 0.3) is 0 Å². The highest BCUT2D eigenvalue weighted by Crippen LogP contribution is 2.25. The minimum Gasteiger partial charge on any atom is -0.370 e. The van der Waals surface area contributed by atoms with Crippen LogP contribution in [0, 0.1) is 0 Å². The summed E-state index contributed by atoms with van der Waals surface area (Å²) in [7, 11) is 0. The second-order valence-corrected chi connectivity index (χ2v) is 4.44. The van der Waals surface area contributed by atoms with Gasteiger partial charge in [-0.05, 0) is 18.6 Å². The van der Waals surface area contributed by atoms with E-state index in [1.54, 1.807) is 6.07 Å². The Morgan fingerprint density at radius 3 is 2.68 bits per heavy atom. The summed E-state index contributed by atoms with van der Waals surface area (Å²) in [6, 6.07) is 9.25. The number of aromatic nitrogens is 2. The molecular formula is C13H16ClN5. The van der Waals surface area contributed by atoms with Crippen LogP contribution in [0.4, 0.5) is 23.3 Å². The first-order chi connectivity index (χ1) is 9.19. The highest BCUT2D eigenvalue weighted by atomic mass is 35.5. The summed E-state index contributed by atoms with van der Waals surface area (Å²) < 4.78 is 0. The Kier molecular flexibility index (Phi) is 4.41. The molecule has 1 aromatic carbocycles. The predicted molar refractivity (Wildman–Crippen MR) is 80.0 cm³/mol. The average molecular weight is 278 g/mol. The predicted octanol–water partition coefficient (Wildman–Crippen LogP) is 3.28. The van der Waals surface area contributed by atoms with Crippen molar-refractivity contribution in [2.24, 2.45) is 0 Å². The molecule has 0 amide bonds. The molecule has 1 aromatic heterocycles. The number of hydrogen-bond donors (Lipinski definition) is 3. The van der Waals surface area contributed by atoms with Crippen molar-refractivity contribution in [1.29, 1.82) is 0 Å². The molecule has 100 valence electrons. The maximum atomic E-state index is 6.08. The zero-order valence-electron chi connectivity index (χ0n) is 10.7. The van der Waals surface area contributed by atoms with Gasteiger partial charge in [-0.2, -0.15) is 9.97 Å². The number of nitrogen functional groups attached to an aromatic ring is 1. The molecular weight excluding hydrogens is 262 g/mol. The van der Waals surface area contributed by atoms with E-state index in [-0.39, 0.29) is 5.95 Å². The Labute approximate surface area is 117 Å². The first-order valence-corrected chi connectivity index (χ1v) is 6.47. The monoisotopic (exact) mass is 277 g/mol. The molecule has 0 saturated carbocycles.